The van der Waals surface area contributed by atoms with Crippen LogP contribution in [0, 0.1) is 11.3 Å². The van der Waals surface area contributed by atoms with Crippen LogP contribution in [0.15, 0.2) is 35.8 Å². The van der Waals surface area contributed by atoms with Crippen molar-refractivity contribution in [2.75, 3.05) is 18.0 Å². The molecule has 4 heterocycles. The molecule has 0 aromatic carbocycles. The summed E-state index contributed by atoms with van der Waals surface area (Å²) in [6, 6.07) is 3.91. The minimum Gasteiger partial charge on any atom is -0.486 e. The van der Waals surface area contributed by atoms with Gasteiger partial charge in [-0.3, -0.25) is 15.4 Å². The predicted molar refractivity (Wildman–Crippen MR) is 106 cm³/mol. The monoisotopic (exact) mass is 378 g/mol. The fourth-order valence-corrected chi connectivity index (χ4v) is 3.28. The molecule has 1 fully saturated rings. The Labute approximate surface area is 163 Å². The zero-order valence-corrected chi connectivity index (χ0v) is 15.6. The van der Waals surface area contributed by atoms with Gasteiger partial charge in [0.2, 0.25) is 0 Å². The van der Waals surface area contributed by atoms with Gasteiger partial charge in [-0.15, -0.1) is 0 Å². The summed E-state index contributed by atoms with van der Waals surface area (Å²) in [5.74, 6) is 0.465. The first-order valence-corrected chi connectivity index (χ1v) is 9.19. The zero-order chi connectivity index (χ0) is 19.5. The molecular formula is C19H22N8O. The molecule has 1 saturated heterocycles. The molecule has 0 saturated carbocycles. The number of nitriles is 1. The summed E-state index contributed by atoms with van der Waals surface area (Å²) in [7, 11) is 1.86. The molecule has 0 radical (unpaired) electrons. The SMILES string of the molecule is Cn1cc(C2=CN(c3cnc(C#N)c(OC4CCCNC4)c3)[C@H](N)N=C2)cn1. The Kier molecular flexibility index (Phi) is 5.06. The number of hydrogen-bond donors (Lipinski definition) is 2. The van der Waals surface area contributed by atoms with Crippen molar-refractivity contribution in [3.63, 3.8) is 0 Å². The molecule has 144 valence electrons. The average Bonchev–Trinajstić information content (AvgIpc) is 3.15. The Bertz CT molecular complexity index is 951. The Hall–Kier alpha value is -3.22. The topological polar surface area (TPSA) is 117 Å². The highest BCUT2D eigenvalue weighted by atomic mass is 16.5. The van der Waals surface area contributed by atoms with Crippen molar-refractivity contribution in [3.05, 3.63) is 42.1 Å². The van der Waals surface area contributed by atoms with Gasteiger partial charge in [0.05, 0.1) is 18.1 Å². The molecule has 4 rings (SSSR count). The number of piperidine rings is 1. The fraction of sp³-hybridized carbons (Fsp3) is 0.368. The van der Waals surface area contributed by atoms with Gasteiger partial charge in [0.1, 0.15) is 12.2 Å². The van der Waals surface area contributed by atoms with E-state index in [1.54, 1.807) is 29.4 Å². The third-order valence-corrected chi connectivity index (χ3v) is 4.76. The van der Waals surface area contributed by atoms with E-state index in [0.29, 0.717) is 11.4 Å². The highest BCUT2D eigenvalue weighted by molar-refractivity contribution is 6.11. The van der Waals surface area contributed by atoms with Crippen molar-refractivity contribution in [2.45, 2.75) is 25.2 Å². The predicted octanol–water partition coefficient (Wildman–Crippen LogP) is 0.992. The van der Waals surface area contributed by atoms with Crippen molar-refractivity contribution >= 4 is 17.5 Å². The number of hydrogen-bond acceptors (Lipinski definition) is 8. The summed E-state index contributed by atoms with van der Waals surface area (Å²) in [6.07, 6.45) is 10.4. The normalized spacial score (nSPS) is 21.9. The number of rotatable bonds is 4. The number of allylic oxidation sites excluding steroid dienone is 1. The fourth-order valence-electron chi connectivity index (χ4n) is 3.28. The summed E-state index contributed by atoms with van der Waals surface area (Å²) in [5.41, 5.74) is 8.98. The highest BCUT2D eigenvalue weighted by Gasteiger charge is 2.22. The molecule has 2 aliphatic heterocycles. The van der Waals surface area contributed by atoms with Crippen molar-refractivity contribution in [1.29, 1.82) is 5.26 Å². The van der Waals surface area contributed by atoms with Gasteiger partial charge in [-0.1, -0.05) is 0 Å². The second-order valence-electron chi connectivity index (χ2n) is 6.82. The van der Waals surface area contributed by atoms with Crippen LogP contribution in [0.25, 0.3) is 5.57 Å². The molecule has 2 aromatic rings. The summed E-state index contributed by atoms with van der Waals surface area (Å²) in [4.78, 5) is 10.5. The van der Waals surface area contributed by atoms with Crippen LogP contribution in [-0.4, -0.2) is 46.5 Å². The number of anilines is 1. The highest BCUT2D eigenvalue weighted by Crippen LogP contribution is 2.29. The molecule has 3 N–H and O–H groups in total. The lowest BCUT2D eigenvalue weighted by molar-refractivity contribution is 0.166. The lowest BCUT2D eigenvalue weighted by Gasteiger charge is -2.29. The van der Waals surface area contributed by atoms with Crippen molar-refractivity contribution in [2.24, 2.45) is 17.8 Å². The van der Waals surface area contributed by atoms with Crippen LogP contribution < -0.4 is 20.7 Å². The van der Waals surface area contributed by atoms with Crippen LogP contribution in [-0.2, 0) is 7.05 Å². The largest absolute Gasteiger partial charge is 0.486 e. The van der Waals surface area contributed by atoms with Crippen molar-refractivity contribution in [3.8, 4) is 11.8 Å². The van der Waals surface area contributed by atoms with E-state index in [2.05, 4.69) is 26.5 Å². The molecule has 0 aliphatic carbocycles. The van der Waals surface area contributed by atoms with Crippen LogP contribution in [0.5, 0.6) is 5.75 Å². The number of aliphatic imine (C=N–C) groups is 1. The van der Waals surface area contributed by atoms with Crippen molar-refractivity contribution < 1.29 is 4.74 Å². The Morgan fingerprint density at radius 1 is 1.39 bits per heavy atom. The number of pyridine rings is 1. The van der Waals surface area contributed by atoms with Gasteiger partial charge in [-0.2, -0.15) is 10.4 Å². The molecule has 2 atom stereocenters. The molecule has 1 unspecified atom stereocenters. The lowest BCUT2D eigenvalue weighted by atomic mass is 10.1. The molecule has 28 heavy (non-hydrogen) atoms. The number of nitrogens with two attached hydrogens (primary N) is 1. The van der Waals surface area contributed by atoms with Crippen LogP contribution in [0.3, 0.4) is 0 Å². The first-order valence-electron chi connectivity index (χ1n) is 9.19. The maximum absolute atomic E-state index is 9.40. The van der Waals surface area contributed by atoms with Gasteiger partial charge < -0.3 is 15.0 Å². The maximum Gasteiger partial charge on any atom is 0.182 e. The Morgan fingerprint density at radius 2 is 2.29 bits per heavy atom. The van der Waals surface area contributed by atoms with Crippen LogP contribution >= 0.6 is 0 Å². The van der Waals surface area contributed by atoms with Gasteiger partial charge in [0, 0.05) is 49.4 Å². The van der Waals surface area contributed by atoms with E-state index < -0.39 is 6.29 Å². The van der Waals surface area contributed by atoms with Gasteiger partial charge in [0.15, 0.2) is 17.7 Å². The quantitative estimate of drug-likeness (QED) is 0.815. The summed E-state index contributed by atoms with van der Waals surface area (Å²) < 4.78 is 7.80. The van der Waals surface area contributed by atoms with Gasteiger partial charge >= 0.3 is 0 Å². The molecular weight excluding hydrogens is 356 g/mol. The average molecular weight is 378 g/mol. The lowest BCUT2D eigenvalue weighted by Crippen LogP contribution is -2.39. The molecule has 9 heteroatoms. The van der Waals surface area contributed by atoms with E-state index in [-0.39, 0.29) is 11.8 Å². The number of nitrogens with one attached hydrogen (secondary N) is 1. The molecule has 9 nitrogen and oxygen atoms in total. The van der Waals surface area contributed by atoms with E-state index in [9.17, 15) is 5.26 Å². The first kappa shape index (κ1) is 18.2. The minimum absolute atomic E-state index is 0.0208. The second kappa shape index (κ2) is 7.80. The Balaban J connectivity index is 1.63. The van der Waals surface area contributed by atoms with E-state index >= 15 is 0 Å². The number of aromatic nitrogens is 3. The van der Waals surface area contributed by atoms with Gasteiger partial charge in [0.25, 0.3) is 0 Å². The van der Waals surface area contributed by atoms with E-state index in [1.807, 2.05) is 24.3 Å². The van der Waals surface area contributed by atoms with Crippen LogP contribution in [0.2, 0.25) is 0 Å². The number of aryl methyl sites for hydroxylation is 1. The second-order valence-corrected chi connectivity index (χ2v) is 6.82. The molecule has 2 aliphatic rings. The van der Waals surface area contributed by atoms with Crippen LogP contribution in [0.4, 0.5) is 5.69 Å². The standard InChI is InChI=1S/C19H22N8O/c1-26-11-14(8-25-26)13-7-24-19(21)27(12-13)15-5-18(17(6-20)23-9-15)28-16-3-2-4-22-10-16/h5,7-9,11-12,16,19,22H,2-4,10,21H2,1H3/t16?,19-/m1/s1. The van der Waals surface area contributed by atoms with E-state index in [4.69, 9.17) is 10.5 Å². The van der Waals surface area contributed by atoms with Gasteiger partial charge in [-0.25, -0.2) is 4.98 Å². The maximum atomic E-state index is 9.40. The summed E-state index contributed by atoms with van der Waals surface area (Å²) in [5, 5.41) is 16.9. The van der Waals surface area contributed by atoms with E-state index in [0.717, 1.165) is 37.1 Å². The van der Waals surface area contributed by atoms with Gasteiger partial charge in [-0.05, 0) is 19.4 Å². The minimum atomic E-state index is -0.584. The molecule has 2 aromatic heterocycles. The number of ether oxygens (including phenoxy) is 1. The van der Waals surface area contributed by atoms with Crippen LogP contribution in [0.1, 0.15) is 24.1 Å². The molecule has 0 bridgehead atoms. The first-order chi connectivity index (χ1) is 13.6. The molecule has 0 amide bonds. The third-order valence-electron chi connectivity index (χ3n) is 4.76. The third kappa shape index (κ3) is 3.74. The van der Waals surface area contributed by atoms with E-state index in [1.165, 1.54) is 0 Å². The summed E-state index contributed by atoms with van der Waals surface area (Å²) in [6.45, 7) is 1.75. The zero-order valence-electron chi connectivity index (χ0n) is 15.6. The smallest absolute Gasteiger partial charge is 0.182 e. The Morgan fingerprint density at radius 3 is 3.00 bits per heavy atom. The van der Waals surface area contributed by atoms with Crippen molar-refractivity contribution in [1.82, 2.24) is 20.1 Å². The summed E-state index contributed by atoms with van der Waals surface area (Å²) >= 11 is 0. The molecule has 0 spiro atoms. The number of nitrogens with zero attached hydrogens (tertiary/aromatic N) is 6.